The summed E-state index contributed by atoms with van der Waals surface area (Å²) in [6.45, 7) is 5.57. The molecule has 4 rings (SSSR count). The number of esters is 1. The van der Waals surface area contributed by atoms with E-state index in [4.69, 9.17) is 60.1 Å². The molecule has 1 aliphatic rings. The van der Waals surface area contributed by atoms with Gasteiger partial charge in [0.1, 0.15) is 22.9 Å². The third kappa shape index (κ3) is 13.4. The molecule has 0 bridgehead atoms. The van der Waals surface area contributed by atoms with E-state index in [2.05, 4.69) is 5.10 Å². The maximum Gasteiger partial charge on any atom is 0.355 e. The Kier molecular flexibility index (Phi) is 17.0. The molecule has 2 heterocycles. The van der Waals surface area contributed by atoms with Gasteiger partial charge in [0.2, 0.25) is 0 Å². The second-order valence-corrected chi connectivity index (χ2v) is 16.2. The van der Waals surface area contributed by atoms with Gasteiger partial charge in [-0.2, -0.15) is 13.5 Å². The number of carboxylic acid groups (broad SMARTS) is 1. The van der Waals surface area contributed by atoms with Crippen LogP contribution in [0.15, 0.2) is 41.2 Å². The first kappa shape index (κ1) is 45.7. The number of halogens is 6. The summed E-state index contributed by atoms with van der Waals surface area (Å²) in [4.78, 5) is 59.9. The van der Waals surface area contributed by atoms with Crippen LogP contribution < -0.4 is 11.4 Å². The van der Waals surface area contributed by atoms with E-state index in [0.29, 0.717) is 22.9 Å². The zero-order valence-electron chi connectivity index (χ0n) is 29.3. The molecule has 21 heteroatoms. The molecule has 1 amide bonds. The third-order valence-electron chi connectivity index (χ3n) is 7.29. The topological polar surface area (TPSA) is 196 Å². The highest BCUT2D eigenvalue weighted by atomic mass is 35.5. The maximum atomic E-state index is 14.2. The first-order valence-electron chi connectivity index (χ1n) is 15.7. The molecule has 0 aliphatic carbocycles. The van der Waals surface area contributed by atoms with Gasteiger partial charge in [0, 0.05) is 29.3 Å². The highest BCUT2D eigenvalue weighted by Crippen LogP contribution is 2.35. The van der Waals surface area contributed by atoms with E-state index in [9.17, 15) is 36.9 Å². The molecule has 1 aromatic heterocycles. The highest BCUT2D eigenvalue weighted by molar-refractivity contribution is 7.57. The molecule has 294 valence electrons. The summed E-state index contributed by atoms with van der Waals surface area (Å²) < 4.78 is 56.1. The molecule has 4 N–H and O–H groups in total. The minimum absolute atomic E-state index is 0.00687. The van der Waals surface area contributed by atoms with Crippen molar-refractivity contribution in [3.05, 3.63) is 79.7 Å². The van der Waals surface area contributed by atoms with Gasteiger partial charge in [0.25, 0.3) is 5.91 Å². The van der Waals surface area contributed by atoms with Crippen LogP contribution in [0.2, 0.25) is 10.0 Å². The molecule has 1 aliphatic heterocycles. The van der Waals surface area contributed by atoms with Crippen LogP contribution in [0.25, 0.3) is 5.69 Å². The summed E-state index contributed by atoms with van der Waals surface area (Å²) in [6, 6.07) is 8.46. The van der Waals surface area contributed by atoms with E-state index in [0.717, 1.165) is 17.7 Å². The van der Waals surface area contributed by atoms with Crippen molar-refractivity contribution in [2.75, 3.05) is 26.0 Å². The van der Waals surface area contributed by atoms with E-state index in [1.54, 1.807) is 6.92 Å². The van der Waals surface area contributed by atoms with E-state index in [1.165, 1.54) is 18.7 Å². The van der Waals surface area contributed by atoms with Crippen LogP contribution in [0.3, 0.4) is 0 Å². The van der Waals surface area contributed by atoms with Crippen molar-refractivity contribution in [2.45, 2.75) is 65.0 Å². The van der Waals surface area contributed by atoms with Crippen molar-refractivity contribution in [2.24, 2.45) is 11.1 Å². The van der Waals surface area contributed by atoms with Gasteiger partial charge >= 0.3 is 24.2 Å². The molecular weight excluding hydrogens is 793 g/mol. The summed E-state index contributed by atoms with van der Waals surface area (Å²) >= 11 is 17.9. The average Bonchev–Trinajstić information content (AvgIpc) is 3.50. The number of hydrogen-bond donors (Lipinski definition) is 3. The van der Waals surface area contributed by atoms with Gasteiger partial charge in [0.05, 0.1) is 25.2 Å². The second-order valence-electron chi connectivity index (χ2n) is 12.3. The molecular formula is C32H40Cl3F3N5O9P. The predicted molar refractivity (Wildman–Crippen MR) is 191 cm³/mol. The SMILES string of the molecule is CC1(C)CON(Cc2ccccc2Cl)C1=O.CCOC(=O)C(Cl)Cc1cc(-n2nc(C)n(C(F)F)c2=O)c(F)cc1Cl.CP(=O)(O)CCC(N)C(=O)O. The fourth-order valence-electron chi connectivity index (χ4n) is 4.36. The predicted octanol–water partition coefficient (Wildman–Crippen LogP) is 5.57. The molecule has 14 nitrogen and oxygen atoms in total. The Labute approximate surface area is 317 Å². The number of hydrogen-bond acceptors (Lipinski definition) is 9. The first-order chi connectivity index (χ1) is 24.5. The van der Waals surface area contributed by atoms with E-state index >= 15 is 0 Å². The Morgan fingerprint density at radius 2 is 1.77 bits per heavy atom. The van der Waals surface area contributed by atoms with Crippen LogP contribution in [0.4, 0.5) is 13.2 Å². The monoisotopic (exact) mass is 831 g/mol. The number of carbonyl (C=O) groups is 3. The lowest BCUT2D eigenvalue weighted by Gasteiger charge is -2.16. The number of aromatic nitrogens is 3. The molecule has 3 atom stereocenters. The molecule has 2 aromatic carbocycles. The van der Waals surface area contributed by atoms with Crippen LogP contribution in [0.5, 0.6) is 0 Å². The highest BCUT2D eigenvalue weighted by Gasteiger charge is 2.40. The van der Waals surface area contributed by atoms with Crippen molar-refractivity contribution < 1.29 is 51.7 Å². The van der Waals surface area contributed by atoms with E-state index in [-0.39, 0.29) is 58.2 Å². The lowest BCUT2D eigenvalue weighted by Crippen LogP contribution is -2.30. The third-order valence-corrected chi connectivity index (χ3v) is 9.43. The summed E-state index contributed by atoms with van der Waals surface area (Å²) in [5.41, 5.74) is 4.19. The lowest BCUT2D eigenvalue weighted by molar-refractivity contribution is -0.165. The van der Waals surface area contributed by atoms with Crippen molar-refractivity contribution in [3.63, 3.8) is 0 Å². The lowest BCUT2D eigenvalue weighted by atomic mass is 9.95. The smallest absolute Gasteiger partial charge is 0.355 e. The number of alkyl halides is 3. The number of amides is 1. The number of aryl methyl sites for hydroxylation is 1. The van der Waals surface area contributed by atoms with Crippen molar-refractivity contribution >= 4 is 60.0 Å². The van der Waals surface area contributed by atoms with E-state index < -0.39 is 54.2 Å². The van der Waals surface area contributed by atoms with Gasteiger partial charge in [-0.1, -0.05) is 41.4 Å². The number of aliphatic carboxylic acids is 1. The maximum absolute atomic E-state index is 14.2. The minimum atomic E-state index is -3.12. The molecule has 3 unspecified atom stereocenters. The number of carbonyl (C=O) groups excluding carboxylic acids is 2. The Bertz CT molecular complexity index is 1870. The molecule has 0 saturated carbocycles. The molecule has 1 saturated heterocycles. The fraction of sp³-hybridized carbons (Fsp3) is 0.469. The number of nitrogens with two attached hydrogens (primary N) is 1. The van der Waals surface area contributed by atoms with Crippen LogP contribution in [0.1, 0.15) is 50.7 Å². The zero-order chi connectivity index (χ0) is 40.4. The number of nitrogens with zero attached hydrogens (tertiary/aromatic N) is 4. The van der Waals surface area contributed by atoms with Gasteiger partial charge < -0.3 is 20.5 Å². The summed E-state index contributed by atoms with van der Waals surface area (Å²) in [5, 5.41) is 12.8. The van der Waals surface area contributed by atoms with E-state index in [1.807, 2.05) is 38.1 Å². The number of hydroxylamine groups is 2. The molecule has 0 spiro atoms. The Balaban J connectivity index is 0.000000306. The van der Waals surface area contributed by atoms with Gasteiger partial charge in [-0.25, -0.2) is 18.8 Å². The minimum Gasteiger partial charge on any atom is -0.480 e. The first-order valence-corrected chi connectivity index (χ1v) is 19.2. The molecule has 0 radical (unpaired) electrons. The van der Waals surface area contributed by atoms with Gasteiger partial charge in [0.15, 0.2) is 13.2 Å². The average molecular weight is 833 g/mol. The number of benzene rings is 2. The Hall–Kier alpha value is -3.44. The molecule has 1 fully saturated rings. The molecule has 53 heavy (non-hydrogen) atoms. The number of ether oxygens (including phenoxy) is 1. The van der Waals surface area contributed by atoms with Crippen LogP contribution in [0, 0.1) is 18.2 Å². The zero-order valence-corrected chi connectivity index (χ0v) is 32.4. The standard InChI is InChI=1S/C15H14Cl2F3N3O3.C12H14ClNO2.C5H12NO4P/c1-3-26-13(24)10(17)4-8-5-12(11(18)6-9(8)16)23-15(25)22(14(19)20)7(2)21-23;1-12(2)8-16-14(11(12)15)7-9-5-3-4-6-10(9)13;1-11(9,10)3-2-4(6)5(7)8/h5-6,10,14H,3-4H2,1-2H3;3-6H,7-8H2,1-2H3;4H,2-3,6H2,1H3,(H,7,8)(H,9,10). The Morgan fingerprint density at radius 1 is 1.15 bits per heavy atom. The fourth-order valence-corrected chi connectivity index (χ4v) is 5.77. The van der Waals surface area contributed by atoms with Gasteiger partial charge in [-0.15, -0.1) is 16.7 Å². The molecule has 3 aromatic rings. The van der Waals surface area contributed by atoms with Gasteiger partial charge in [-0.05, 0) is 63.4 Å². The summed E-state index contributed by atoms with van der Waals surface area (Å²) in [5.74, 6) is -3.05. The van der Waals surface area contributed by atoms with Crippen molar-refractivity contribution in [1.82, 2.24) is 19.4 Å². The summed E-state index contributed by atoms with van der Waals surface area (Å²) in [7, 11) is -3.10. The normalized spacial score (nSPS) is 15.8. The van der Waals surface area contributed by atoms with Crippen molar-refractivity contribution in [3.8, 4) is 5.69 Å². The van der Waals surface area contributed by atoms with Crippen molar-refractivity contribution in [1.29, 1.82) is 0 Å². The van der Waals surface area contributed by atoms with Crippen LogP contribution >= 0.6 is 42.2 Å². The quantitative estimate of drug-likeness (QED) is 0.117. The number of carboxylic acids is 1. The van der Waals surface area contributed by atoms with Crippen LogP contribution in [-0.2, 0) is 41.5 Å². The van der Waals surface area contributed by atoms with Crippen LogP contribution in [-0.4, -0.2) is 84.7 Å². The second kappa shape index (κ2) is 19.8. The number of rotatable bonds is 12. The Morgan fingerprint density at radius 3 is 2.26 bits per heavy atom. The summed E-state index contributed by atoms with van der Waals surface area (Å²) in [6.07, 6.45) is -0.115. The van der Waals surface area contributed by atoms with Gasteiger partial charge in [-0.3, -0.25) is 23.8 Å². The largest absolute Gasteiger partial charge is 0.480 e.